The number of pyridine rings is 1. The van der Waals surface area contributed by atoms with Gasteiger partial charge in [0.25, 0.3) is 0 Å². The first-order chi connectivity index (χ1) is 14.9. The fourth-order valence-corrected chi connectivity index (χ4v) is 4.32. The van der Waals surface area contributed by atoms with E-state index in [1.165, 1.54) is 20.0 Å². The zero-order valence-corrected chi connectivity index (χ0v) is 18.2. The van der Waals surface area contributed by atoms with Gasteiger partial charge < -0.3 is 30.8 Å². The monoisotopic (exact) mass is 473 g/mol. The van der Waals surface area contributed by atoms with Crippen molar-refractivity contribution >= 4 is 19.9 Å². The number of aldehydes is 1. The lowest BCUT2D eigenvalue weighted by molar-refractivity contribution is -0.964. The molecule has 0 amide bonds. The number of aliphatic hydroxyl groups excluding tert-OH is 2. The normalized spacial score (nSPS) is 24.8. The lowest BCUT2D eigenvalue weighted by Gasteiger charge is -2.50. The number of aliphatic hydroxyl groups is 2. The smallest absolute Gasteiger partial charge is 0.474 e. The number of aromatic hydroxyl groups is 1. The molecule has 9 N–H and O–H groups in total. The van der Waals surface area contributed by atoms with Crippen molar-refractivity contribution in [2.45, 2.75) is 32.3 Å². The van der Waals surface area contributed by atoms with Gasteiger partial charge in [0.05, 0.1) is 41.8 Å². The number of nitrogens with two attached hydrogens (primary N) is 2. The first-order valence-corrected chi connectivity index (χ1v) is 10.8. The number of carbonyl (C=O) groups is 2. The Kier molecular flexibility index (Phi) is 7.71. The van der Waals surface area contributed by atoms with Gasteiger partial charge in [-0.2, -0.15) is 0 Å². The van der Waals surface area contributed by atoms with Crippen molar-refractivity contribution in [2.75, 3.05) is 13.2 Å². The van der Waals surface area contributed by atoms with E-state index in [1.807, 2.05) is 0 Å². The highest BCUT2D eigenvalue weighted by atomic mass is 31.2. The predicted octanol–water partition coefficient (Wildman–Crippen LogP) is -0.634. The summed E-state index contributed by atoms with van der Waals surface area (Å²) in [5, 5.41) is 29.6. The SMILES string of the molecule is Cc1ncc(C(OP(=O)(O)O)[N+]2(C(N)CN)C=C(CO)C(=CO)C(=O)C2C)c(C=O)c1O. The highest BCUT2D eigenvalue weighted by Gasteiger charge is 2.56. The highest BCUT2D eigenvalue weighted by molar-refractivity contribution is 7.46. The van der Waals surface area contributed by atoms with Crippen LogP contribution in [0, 0.1) is 6.92 Å². The first-order valence-electron chi connectivity index (χ1n) is 9.32. The average molecular weight is 473 g/mol. The van der Waals surface area contributed by atoms with E-state index in [-0.39, 0.29) is 40.8 Å². The molecule has 0 bridgehead atoms. The summed E-state index contributed by atoms with van der Waals surface area (Å²) in [5.74, 6) is -1.30. The molecule has 0 spiro atoms. The summed E-state index contributed by atoms with van der Waals surface area (Å²) in [5.41, 5.74) is 11.0. The Bertz CT molecular complexity index is 1020. The standard InChI is InChI=1S/C18H25N4O9P/c1-9-16(26)14(8-25)12(4-21-9)18(31-32(28,29)30)22(15(20)3-19)5-11(6-23)13(7-24)17(27)10(22)2/h4-5,7-8,10,15,18,23H,3,6,19-20H2,1-2H3,(H3-,24,25,26,27,28,29,30)/p+1. The third-order valence-electron chi connectivity index (χ3n) is 5.49. The number of rotatable bonds is 8. The van der Waals surface area contributed by atoms with E-state index in [0.717, 1.165) is 6.20 Å². The summed E-state index contributed by atoms with van der Waals surface area (Å²) >= 11 is 0. The van der Waals surface area contributed by atoms with E-state index >= 15 is 0 Å². The molecule has 0 radical (unpaired) electrons. The van der Waals surface area contributed by atoms with Crippen LogP contribution in [0.15, 0.2) is 29.8 Å². The van der Waals surface area contributed by atoms with Crippen molar-refractivity contribution in [2.24, 2.45) is 11.5 Å². The quantitative estimate of drug-likeness (QED) is 0.0823. The third-order valence-corrected chi connectivity index (χ3v) is 5.96. The number of aromatic nitrogens is 1. The molecule has 13 nitrogen and oxygen atoms in total. The number of aryl methyl sites for hydroxylation is 1. The van der Waals surface area contributed by atoms with Gasteiger partial charge in [0, 0.05) is 11.8 Å². The minimum Gasteiger partial charge on any atom is -0.515 e. The fraction of sp³-hybridized carbons (Fsp3) is 0.389. The molecule has 0 aromatic carbocycles. The van der Waals surface area contributed by atoms with Crippen LogP contribution in [0.25, 0.3) is 0 Å². The second kappa shape index (κ2) is 9.57. The topological polar surface area (TPSA) is 227 Å². The summed E-state index contributed by atoms with van der Waals surface area (Å²) in [7, 11) is -5.31. The molecule has 0 saturated heterocycles. The summed E-state index contributed by atoms with van der Waals surface area (Å²) in [6.45, 7) is 1.68. The molecule has 4 unspecified atom stereocenters. The minimum absolute atomic E-state index is 0.0558. The summed E-state index contributed by atoms with van der Waals surface area (Å²) in [6, 6.07) is -1.26. The van der Waals surface area contributed by atoms with Crippen molar-refractivity contribution in [3.63, 3.8) is 0 Å². The lowest BCUT2D eigenvalue weighted by Crippen LogP contribution is -2.68. The maximum Gasteiger partial charge on any atom is 0.474 e. The molecule has 2 heterocycles. The number of quaternary nitrogens is 1. The van der Waals surface area contributed by atoms with E-state index in [4.69, 9.17) is 16.0 Å². The second-order valence-electron chi connectivity index (χ2n) is 7.22. The molecule has 1 aliphatic heterocycles. The van der Waals surface area contributed by atoms with Gasteiger partial charge in [-0.05, 0) is 13.8 Å². The van der Waals surface area contributed by atoms with Crippen molar-refractivity contribution in [3.05, 3.63) is 46.6 Å². The molecule has 0 fully saturated rings. The Hall–Kier alpha value is -2.48. The van der Waals surface area contributed by atoms with Crippen LogP contribution in [0.2, 0.25) is 0 Å². The van der Waals surface area contributed by atoms with Gasteiger partial charge in [-0.15, -0.1) is 0 Å². The van der Waals surface area contributed by atoms with E-state index in [9.17, 15) is 39.3 Å². The number of ketones is 1. The van der Waals surface area contributed by atoms with Gasteiger partial charge in [0.15, 0.2) is 18.5 Å². The summed E-state index contributed by atoms with van der Waals surface area (Å²) < 4.78 is 16.1. The van der Waals surface area contributed by atoms with Crippen LogP contribution < -0.4 is 11.5 Å². The van der Waals surface area contributed by atoms with Crippen LogP contribution in [0.4, 0.5) is 0 Å². The predicted molar refractivity (Wildman–Crippen MR) is 110 cm³/mol. The van der Waals surface area contributed by atoms with Crippen molar-refractivity contribution < 1.29 is 48.3 Å². The van der Waals surface area contributed by atoms with Crippen molar-refractivity contribution in [1.82, 2.24) is 4.98 Å². The number of nitrogens with zero attached hydrogens (tertiary/aromatic N) is 2. The molecule has 1 aromatic rings. The van der Waals surface area contributed by atoms with E-state index in [0.29, 0.717) is 6.26 Å². The molecule has 2 rings (SSSR count). The molecule has 4 atom stereocenters. The molecule has 0 aliphatic carbocycles. The van der Waals surface area contributed by atoms with Gasteiger partial charge in [-0.25, -0.2) is 13.6 Å². The Balaban J connectivity index is 3.01. The second-order valence-corrected chi connectivity index (χ2v) is 8.41. The largest absolute Gasteiger partial charge is 0.515 e. The molecule has 14 heteroatoms. The number of phosphoric acid groups is 1. The van der Waals surface area contributed by atoms with Gasteiger partial charge in [0.1, 0.15) is 11.9 Å². The van der Waals surface area contributed by atoms with Gasteiger partial charge in [-0.3, -0.25) is 20.3 Å². The molecule has 0 saturated carbocycles. The Labute approximate surface area is 183 Å². The molecular formula is C18H26N4O9P+. The number of Topliss-reactive ketones (excluding diaryl/α,β-unsaturated/α-hetero) is 1. The minimum atomic E-state index is -5.31. The maximum atomic E-state index is 13.1. The van der Waals surface area contributed by atoms with Crippen LogP contribution >= 0.6 is 7.82 Å². The molecule has 1 aliphatic rings. The first kappa shape index (κ1) is 25.8. The maximum absolute atomic E-state index is 13.1. The van der Waals surface area contributed by atoms with Crippen LogP contribution in [-0.4, -0.2) is 72.0 Å². The Morgan fingerprint density at radius 2 is 2.03 bits per heavy atom. The van der Waals surface area contributed by atoms with Crippen LogP contribution in [0.5, 0.6) is 5.75 Å². The number of carbonyl (C=O) groups excluding carboxylic acids is 2. The summed E-state index contributed by atoms with van der Waals surface area (Å²) in [6.07, 6.45) is -0.130. The van der Waals surface area contributed by atoms with Crippen LogP contribution in [0.1, 0.15) is 34.8 Å². The molecule has 1 aromatic heterocycles. The highest BCUT2D eigenvalue weighted by Crippen LogP contribution is 2.51. The number of phosphoric ester groups is 1. The molecule has 32 heavy (non-hydrogen) atoms. The average Bonchev–Trinajstić information content (AvgIpc) is 2.74. The zero-order valence-electron chi connectivity index (χ0n) is 17.3. The van der Waals surface area contributed by atoms with Crippen molar-refractivity contribution in [1.29, 1.82) is 0 Å². The van der Waals surface area contributed by atoms with Crippen molar-refractivity contribution in [3.8, 4) is 5.75 Å². The molecule has 176 valence electrons. The van der Waals surface area contributed by atoms with E-state index in [2.05, 4.69) is 4.98 Å². The van der Waals surface area contributed by atoms with E-state index in [1.54, 1.807) is 0 Å². The number of hydrogen-bond donors (Lipinski definition) is 7. The zero-order chi connectivity index (χ0) is 24.4. The third kappa shape index (κ3) is 4.37. The van der Waals surface area contributed by atoms with Crippen LogP contribution in [0.3, 0.4) is 0 Å². The van der Waals surface area contributed by atoms with E-state index < -0.39 is 48.9 Å². The van der Waals surface area contributed by atoms with Gasteiger partial charge in [0.2, 0.25) is 12.0 Å². The Morgan fingerprint density at radius 1 is 1.41 bits per heavy atom. The molecular weight excluding hydrogens is 447 g/mol. The Morgan fingerprint density at radius 3 is 2.50 bits per heavy atom. The lowest BCUT2D eigenvalue weighted by atomic mass is 9.90. The van der Waals surface area contributed by atoms with Gasteiger partial charge in [-0.1, -0.05) is 0 Å². The fourth-order valence-electron chi connectivity index (χ4n) is 3.78. The number of hydrogen-bond acceptors (Lipinski definition) is 10. The summed E-state index contributed by atoms with van der Waals surface area (Å²) in [4.78, 5) is 48.1. The van der Waals surface area contributed by atoms with Gasteiger partial charge >= 0.3 is 7.82 Å². The van der Waals surface area contributed by atoms with Crippen LogP contribution in [-0.2, 0) is 13.9 Å².